The Morgan fingerprint density at radius 1 is 1.38 bits per heavy atom. The van der Waals surface area contributed by atoms with Crippen LogP contribution in [-0.4, -0.2) is 30.2 Å². The zero-order chi connectivity index (χ0) is 15.9. The van der Waals surface area contributed by atoms with E-state index in [-0.39, 0.29) is 24.9 Å². The molecule has 2 N–H and O–H groups in total. The van der Waals surface area contributed by atoms with Gasteiger partial charge in [-0.2, -0.15) is 13.2 Å². The number of alkyl halides is 3. The largest absolute Gasteiger partial charge is 0.389 e. The van der Waals surface area contributed by atoms with E-state index in [4.69, 9.17) is 11.6 Å². The van der Waals surface area contributed by atoms with Gasteiger partial charge in [-0.05, 0) is 25.8 Å². The number of carbonyl (C=O) groups excluding carboxylic acids is 1. The number of pyridine rings is 1. The zero-order valence-corrected chi connectivity index (χ0v) is 12.3. The van der Waals surface area contributed by atoms with E-state index in [1.54, 1.807) is 0 Å². The van der Waals surface area contributed by atoms with Crippen molar-refractivity contribution in [2.45, 2.75) is 32.4 Å². The van der Waals surface area contributed by atoms with Crippen LogP contribution in [0.5, 0.6) is 0 Å². The van der Waals surface area contributed by atoms with Crippen molar-refractivity contribution in [2.24, 2.45) is 0 Å². The average molecular weight is 324 g/mol. The Labute approximate surface area is 126 Å². The van der Waals surface area contributed by atoms with Crippen LogP contribution in [0.4, 0.5) is 19.0 Å². The molecule has 0 unspecified atom stereocenters. The van der Waals surface area contributed by atoms with E-state index in [1.807, 2.05) is 6.92 Å². The van der Waals surface area contributed by atoms with Gasteiger partial charge in [-0.3, -0.25) is 4.79 Å². The maximum atomic E-state index is 11.9. The monoisotopic (exact) mass is 323 g/mol. The minimum atomic E-state index is -4.15. The maximum absolute atomic E-state index is 11.9. The molecule has 1 aromatic rings. The number of nitrogens with zero attached hydrogens (tertiary/aromatic N) is 1. The Kier molecular flexibility index (Phi) is 6.74. The van der Waals surface area contributed by atoms with E-state index in [0.717, 1.165) is 0 Å². The van der Waals surface area contributed by atoms with Gasteiger partial charge < -0.3 is 10.6 Å². The molecule has 0 atom stereocenters. The van der Waals surface area contributed by atoms with Crippen molar-refractivity contribution in [1.82, 2.24) is 10.3 Å². The molecule has 0 bridgehead atoms. The summed E-state index contributed by atoms with van der Waals surface area (Å²) in [5.74, 6) is 0.0837. The molecule has 21 heavy (non-hydrogen) atoms. The Balaban J connectivity index is 2.40. The molecule has 8 heteroatoms. The number of rotatable bonds is 7. The standard InChI is InChI=1S/C13H17ClF3N3O/c1-2-18-11-10(14)7-9(8-20-11)12(21)19-6-4-3-5-13(15,16)17/h7-8H,2-6H2,1H3,(H,18,20)(H,19,21). The van der Waals surface area contributed by atoms with Gasteiger partial charge in [0.25, 0.3) is 5.91 Å². The SMILES string of the molecule is CCNc1ncc(C(=O)NCCCCC(F)(F)F)cc1Cl. The third-order valence-corrected chi connectivity index (χ3v) is 2.91. The average Bonchev–Trinajstić information content (AvgIpc) is 2.39. The number of anilines is 1. The van der Waals surface area contributed by atoms with Crippen LogP contribution < -0.4 is 10.6 Å². The first-order valence-electron chi connectivity index (χ1n) is 6.58. The number of hydrogen-bond donors (Lipinski definition) is 2. The summed E-state index contributed by atoms with van der Waals surface area (Å²) in [6.45, 7) is 2.72. The Morgan fingerprint density at radius 3 is 2.67 bits per heavy atom. The molecule has 0 aliphatic heterocycles. The molecule has 0 spiro atoms. The maximum Gasteiger partial charge on any atom is 0.389 e. The van der Waals surface area contributed by atoms with Gasteiger partial charge in [0.15, 0.2) is 0 Å². The van der Waals surface area contributed by atoms with Crippen molar-refractivity contribution in [2.75, 3.05) is 18.4 Å². The van der Waals surface area contributed by atoms with Crippen LogP contribution in [-0.2, 0) is 0 Å². The number of carbonyl (C=O) groups is 1. The Hall–Kier alpha value is -1.50. The highest BCUT2D eigenvalue weighted by Crippen LogP contribution is 2.22. The van der Waals surface area contributed by atoms with E-state index < -0.39 is 18.5 Å². The zero-order valence-electron chi connectivity index (χ0n) is 11.6. The molecule has 0 aromatic carbocycles. The summed E-state index contributed by atoms with van der Waals surface area (Å²) in [5, 5.41) is 5.79. The van der Waals surface area contributed by atoms with Gasteiger partial charge in [-0.25, -0.2) is 4.98 Å². The van der Waals surface area contributed by atoms with Crippen LogP contribution in [0.1, 0.15) is 36.5 Å². The van der Waals surface area contributed by atoms with Crippen LogP contribution in [0.25, 0.3) is 0 Å². The molecule has 0 saturated carbocycles. The highest BCUT2D eigenvalue weighted by Gasteiger charge is 2.25. The van der Waals surface area contributed by atoms with E-state index in [2.05, 4.69) is 15.6 Å². The predicted molar refractivity (Wildman–Crippen MR) is 75.6 cm³/mol. The molecule has 0 fully saturated rings. The summed E-state index contributed by atoms with van der Waals surface area (Å²) in [6, 6.07) is 1.47. The van der Waals surface area contributed by atoms with E-state index >= 15 is 0 Å². The second-order valence-electron chi connectivity index (χ2n) is 4.41. The van der Waals surface area contributed by atoms with Crippen molar-refractivity contribution < 1.29 is 18.0 Å². The molecule has 1 aromatic heterocycles. The lowest BCUT2D eigenvalue weighted by molar-refractivity contribution is -0.135. The molecule has 1 heterocycles. The quantitative estimate of drug-likeness (QED) is 0.753. The molecule has 0 aliphatic rings. The number of amides is 1. The number of aromatic nitrogens is 1. The summed E-state index contributed by atoms with van der Waals surface area (Å²) >= 11 is 5.96. The van der Waals surface area contributed by atoms with Crippen LogP contribution in [0, 0.1) is 0 Å². The number of halogens is 4. The first-order chi connectivity index (χ1) is 9.83. The molecular formula is C13H17ClF3N3O. The van der Waals surface area contributed by atoms with Gasteiger partial charge in [0.05, 0.1) is 10.6 Å². The molecule has 118 valence electrons. The smallest absolute Gasteiger partial charge is 0.369 e. The van der Waals surface area contributed by atoms with Gasteiger partial charge in [0, 0.05) is 25.7 Å². The van der Waals surface area contributed by atoms with Crippen LogP contribution in [0.2, 0.25) is 5.02 Å². The third kappa shape index (κ3) is 6.66. The number of hydrogen-bond acceptors (Lipinski definition) is 3. The minimum absolute atomic E-state index is 0.0118. The van der Waals surface area contributed by atoms with E-state index in [1.165, 1.54) is 12.3 Å². The fourth-order valence-electron chi connectivity index (χ4n) is 1.61. The summed E-state index contributed by atoms with van der Waals surface area (Å²) < 4.78 is 35.8. The van der Waals surface area contributed by atoms with Crippen LogP contribution in [0.3, 0.4) is 0 Å². The molecule has 1 rings (SSSR count). The predicted octanol–water partition coefficient (Wildman–Crippen LogP) is 3.63. The van der Waals surface area contributed by atoms with E-state index in [9.17, 15) is 18.0 Å². The molecular weight excluding hydrogens is 307 g/mol. The highest BCUT2D eigenvalue weighted by atomic mass is 35.5. The molecule has 0 radical (unpaired) electrons. The second-order valence-corrected chi connectivity index (χ2v) is 4.82. The van der Waals surface area contributed by atoms with Crippen LogP contribution >= 0.6 is 11.6 Å². The lowest BCUT2D eigenvalue weighted by Gasteiger charge is -2.09. The highest BCUT2D eigenvalue weighted by molar-refractivity contribution is 6.33. The molecule has 1 amide bonds. The minimum Gasteiger partial charge on any atom is -0.369 e. The first kappa shape index (κ1) is 17.6. The number of unbranched alkanes of at least 4 members (excludes halogenated alkanes) is 1. The summed E-state index contributed by atoms with van der Waals surface area (Å²) in [6.07, 6.45) is -3.36. The van der Waals surface area contributed by atoms with Crippen molar-refractivity contribution in [3.05, 3.63) is 22.8 Å². The first-order valence-corrected chi connectivity index (χ1v) is 6.95. The van der Waals surface area contributed by atoms with Gasteiger partial charge in [-0.15, -0.1) is 0 Å². The summed E-state index contributed by atoms with van der Waals surface area (Å²) in [5.41, 5.74) is 0.275. The number of nitrogens with one attached hydrogen (secondary N) is 2. The fourth-order valence-corrected chi connectivity index (χ4v) is 1.85. The fraction of sp³-hybridized carbons (Fsp3) is 0.538. The van der Waals surface area contributed by atoms with Crippen molar-refractivity contribution >= 4 is 23.3 Å². The molecule has 0 saturated heterocycles. The van der Waals surface area contributed by atoms with Gasteiger partial charge in [-0.1, -0.05) is 11.6 Å². The Morgan fingerprint density at radius 2 is 2.10 bits per heavy atom. The Bertz CT molecular complexity index is 480. The van der Waals surface area contributed by atoms with Gasteiger partial charge in [0.2, 0.25) is 0 Å². The van der Waals surface area contributed by atoms with E-state index in [0.29, 0.717) is 17.4 Å². The van der Waals surface area contributed by atoms with Crippen molar-refractivity contribution in [3.8, 4) is 0 Å². The lowest BCUT2D eigenvalue weighted by Crippen LogP contribution is -2.25. The lowest BCUT2D eigenvalue weighted by atomic mass is 10.2. The topological polar surface area (TPSA) is 54.0 Å². The van der Waals surface area contributed by atoms with Crippen molar-refractivity contribution in [3.63, 3.8) is 0 Å². The summed E-state index contributed by atoms with van der Waals surface area (Å²) in [7, 11) is 0. The summed E-state index contributed by atoms with van der Waals surface area (Å²) in [4.78, 5) is 15.8. The van der Waals surface area contributed by atoms with Crippen LogP contribution in [0.15, 0.2) is 12.3 Å². The normalized spacial score (nSPS) is 11.3. The van der Waals surface area contributed by atoms with Crippen molar-refractivity contribution in [1.29, 1.82) is 0 Å². The van der Waals surface area contributed by atoms with Gasteiger partial charge in [0.1, 0.15) is 5.82 Å². The molecule has 0 aliphatic carbocycles. The van der Waals surface area contributed by atoms with Gasteiger partial charge >= 0.3 is 6.18 Å². The third-order valence-electron chi connectivity index (χ3n) is 2.62. The molecule has 4 nitrogen and oxygen atoms in total. The second kappa shape index (κ2) is 8.07.